The fraction of sp³-hybridized carbons (Fsp3) is 0.500. The van der Waals surface area contributed by atoms with Crippen molar-refractivity contribution in [3.63, 3.8) is 0 Å². The molecule has 10 atom stereocenters. The number of nitrogen functional groups attached to an aromatic ring is 2. The molecule has 7 rings (SSSR count). The van der Waals surface area contributed by atoms with E-state index in [1.165, 1.54) is 34.4 Å². The highest BCUT2D eigenvalue weighted by molar-refractivity contribution is 8.07. The van der Waals surface area contributed by atoms with Gasteiger partial charge in [-0.3, -0.25) is 13.7 Å². The molecule has 228 valence electrons. The van der Waals surface area contributed by atoms with Crippen molar-refractivity contribution >= 4 is 60.7 Å². The Morgan fingerprint density at radius 3 is 2.19 bits per heavy atom. The van der Waals surface area contributed by atoms with Crippen LogP contribution in [0.5, 0.6) is 0 Å². The summed E-state index contributed by atoms with van der Waals surface area (Å²) in [6, 6.07) is 0. The van der Waals surface area contributed by atoms with Gasteiger partial charge in [0, 0.05) is 4.57 Å². The third kappa shape index (κ3) is 5.05. The predicted molar refractivity (Wildman–Crippen MR) is 144 cm³/mol. The number of ether oxygens (including phenoxy) is 2. The Labute approximate surface area is 245 Å². The van der Waals surface area contributed by atoms with Crippen LogP contribution in [0.3, 0.4) is 0 Å². The first-order chi connectivity index (χ1) is 20.6. The Bertz CT molecular complexity index is 1770. The average Bonchev–Trinajstić information content (AvgIpc) is 3.73. The molecule has 4 unspecified atom stereocenters. The van der Waals surface area contributed by atoms with E-state index in [4.69, 9.17) is 50.8 Å². The van der Waals surface area contributed by atoms with Crippen LogP contribution in [0.1, 0.15) is 12.5 Å². The Kier molecular flexibility index (Phi) is 7.30. The van der Waals surface area contributed by atoms with Crippen LogP contribution >= 0.6 is 15.0 Å². The molecular weight excluding hydrogens is 637 g/mol. The number of hydrogen-bond acceptors (Lipinski definition) is 17. The first-order valence-electron chi connectivity index (χ1n) is 12.5. The van der Waals surface area contributed by atoms with E-state index >= 15 is 4.39 Å². The van der Waals surface area contributed by atoms with E-state index in [0.717, 1.165) is 0 Å². The number of fused-ring (bicyclic) bond motifs is 5. The minimum Gasteiger partial charge on any atom is -0.385 e. The van der Waals surface area contributed by atoms with Crippen molar-refractivity contribution in [3.8, 4) is 0 Å². The number of nitrogens with two attached hydrogens (primary N) is 2. The maximum absolute atomic E-state index is 15.7. The molecular formula is C20H22FN10O9P2S+. The summed E-state index contributed by atoms with van der Waals surface area (Å²) >= 11 is 5.21. The number of nitrogens with zero attached hydrogens (tertiary/aromatic N) is 8. The van der Waals surface area contributed by atoms with Gasteiger partial charge in [-0.05, 0) is 11.8 Å². The van der Waals surface area contributed by atoms with Gasteiger partial charge in [0.25, 0.3) is 0 Å². The number of halogens is 1. The Hall–Kier alpha value is -2.94. The number of imidazole rings is 2. The van der Waals surface area contributed by atoms with Gasteiger partial charge in [0.1, 0.15) is 54.7 Å². The van der Waals surface area contributed by atoms with Gasteiger partial charge in [-0.25, -0.2) is 34.3 Å². The summed E-state index contributed by atoms with van der Waals surface area (Å²) in [5, 5.41) is 11.2. The lowest BCUT2D eigenvalue weighted by molar-refractivity contribution is -0.0590. The van der Waals surface area contributed by atoms with Crippen molar-refractivity contribution in [2.45, 2.75) is 49.1 Å². The van der Waals surface area contributed by atoms with E-state index in [1.807, 2.05) is 0 Å². The van der Waals surface area contributed by atoms with E-state index in [-0.39, 0.29) is 34.0 Å². The minimum absolute atomic E-state index is 0.0778. The fourth-order valence-corrected chi connectivity index (χ4v) is 7.30. The second kappa shape index (κ2) is 10.9. The molecule has 23 heteroatoms. The third-order valence-electron chi connectivity index (χ3n) is 7.11. The van der Waals surface area contributed by atoms with Crippen LogP contribution in [-0.4, -0.2) is 98.9 Å². The van der Waals surface area contributed by atoms with Crippen molar-refractivity contribution in [3.05, 3.63) is 25.3 Å². The first-order valence-corrected chi connectivity index (χ1v) is 16.2. The zero-order valence-corrected chi connectivity index (χ0v) is 24.1. The van der Waals surface area contributed by atoms with Crippen molar-refractivity contribution in [1.29, 1.82) is 0 Å². The summed E-state index contributed by atoms with van der Waals surface area (Å²) in [5.74, 6) is 0.183. The minimum atomic E-state index is -4.22. The van der Waals surface area contributed by atoms with Gasteiger partial charge in [0.2, 0.25) is 0 Å². The van der Waals surface area contributed by atoms with Gasteiger partial charge in [-0.15, -0.1) is 9.05 Å². The number of aliphatic hydroxyl groups excluding tert-OH is 1. The number of rotatable bonds is 2. The van der Waals surface area contributed by atoms with Crippen molar-refractivity contribution in [1.82, 2.24) is 39.0 Å². The van der Waals surface area contributed by atoms with E-state index < -0.39 is 77.3 Å². The van der Waals surface area contributed by atoms with Crippen LogP contribution < -0.4 is 11.5 Å². The zero-order chi connectivity index (χ0) is 30.0. The molecule has 2 bridgehead atoms. The monoisotopic (exact) mass is 659 g/mol. The highest BCUT2D eigenvalue weighted by Gasteiger charge is 2.55. The van der Waals surface area contributed by atoms with Crippen molar-refractivity contribution < 1.29 is 46.5 Å². The van der Waals surface area contributed by atoms with Crippen LogP contribution in [-0.2, 0) is 43.9 Å². The molecule has 43 heavy (non-hydrogen) atoms. The molecule has 0 spiro atoms. The van der Waals surface area contributed by atoms with Crippen LogP contribution in [0.15, 0.2) is 25.3 Å². The molecule has 19 nitrogen and oxygen atoms in total. The normalized spacial score (nSPS) is 36.3. The van der Waals surface area contributed by atoms with Gasteiger partial charge in [0.05, 0.1) is 19.3 Å². The molecule has 0 aliphatic carbocycles. The van der Waals surface area contributed by atoms with E-state index in [0.29, 0.717) is 0 Å². The largest absolute Gasteiger partial charge is 0.697 e. The molecule has 0 amide bonds. The highest BCUT2D eigenvalue weighted by Crippen LogP contribution is 2.52. The summed E-state index contributed by atoms with van der Waals surface area (Å²) in [6.45, 7) is -5.30. The standard InChI is InChI=1S/C20H21FN10O9P2S/c21-9-7-1-35-41(33)39-13-8(38-19(12(13)32)30-5-28-10-15(22)24-3-26-17(10)30)2-36-42(34,43)40-14(9)20(37-7)31-6-29-11-16(23)25-4-27-18(11)31/h3-9,12-14,19-20,32H,1-2H2,(H4-,22,23,24,25,26,27,34,43)/p+1/t7?,8?,9-,12+,13+,14+,19+,20+,42?/m0/s1. The topological polar surface area (TPSA) is 252 Å². The molecule has 3 aliphatic heterocycles. The van der Waals surface area contributed by atoms with E-state index in [9.17, 15) is 14.6 Å². The number of aliphatic hydroxyl groups is 1. The molecule has 0 aromatic carbocycles. The SMILES string of the molecule is Nc1ncnc2c1ncn2[C@@H]1OC2COP(O)(=S)O[C@H]3[C@H](n4cnc5c(N)ncnc54)OC(CO[P+](=O)O[C@H]2[C@H]1O)[C@@H]3F. The predicted octanol–water partition coefficient (Wildman–Crippen LogP) is 0.0158. The summed E-state index contributed by atoms with van der Waals surface area (Å²) in [7, 11) is -2.96. The van der Waals surface area contributed by atoms with Crippen molar-refractivity contribution in [2.75, 3.05) is 24.7 Å². The van der Waals surface area contributed by atoms with E-state index in [1.54, 1.807) is 0 Å². The van der Waals surface area contributed by atoms with Crippen LogP contribution in [0.25, 0.3) is 22.3 Å². The molecule has 6 N–H and O–H groups in total. The van der Waals surface area contributed by atoms with Crippen molar-refractivity contribution in [2.24, 2.45) is 0 Å². The zero-order valence-electron chi connectivity index (χ0n) is 21.5. The van der Waals surface area contributed by atoms with Gasteiger partial charge in [-0.2, -0.15) is 0 Å². The maximum Gasteiger partial charge on any atom is 0.697 e. The van der Waals surface area contributed by atoms with Crippen LogP contribution in [0, 0.1) is 0 Å². The van der Waals surface area contributed by atoms with Gasteiger partial charge >= 0.3 is 15.0 Å². The summed E-state index contributed by atoms with van der Waals surface area (Å²) in [5.41, 5.74) is 12.7. The number of anilines is 2. The molecule has 3 aliphatic rings. The first kappa shape index (κ1) is 28.8. The van der Waals surface area contributed by atoms with Gasteiger partial charge in [0.15, 0.2) is 47.7 Å². The molecule has 3 fully saturated rings. The molecule has 0 saturated carbocycles. The number of aromatic nitrogens is 8. The Morgan fingerprint density at radius 2 is 1.53 bits per heavy atom. The van der Waals surface area contributed by atoms with Crippen LogP contribution in [0.2, 0.25) is 0 Å². The summed E-state index contributed by atoms with van der Waals surface area (Å²) in [4.78, 5) is 35.4. The second-order valence-electron chi connectivity index (χ2n) is 9.65. The molecule has 3 saturated heterocycles. The summed E-state index contributed by atoms with van der Waals surface area (Å²) < 4.78 is 65.1. The Balaban J connectivity index is 1.18. The van der Waals surface area contributed by atoms with Crippen LogP contribution in [0.4, 0.5) is 16.0 Å². The summed E-state index contributed by atoms with van der Waals surface area (Å²) in [6.07, 6.45) is -6.23. The fourth-order valence-electron chi connectivity index (χ4n) is 5.11. The number of alkyl halides is 1. The Morgan fingerprint density at radius 1 is 0.930 bits per heavy atom. The maximum atomic E-state index is 15.7. The van der Waals surface area contributed by atoms with Gasteiger partial charge < -0.3 is 35.5 Å². The van der Waals surface area contributed by atoms with Gasteiger partial charge in [-0.1, -0.05) is 0 Å². The lowest BCUT2D eigenvalue weighted by Crippen LogP contribution is -2.35. The lowest BCUT2D eigenvalue weighted by Gasteiger charge is -2.26. The molecule has 4 aromatic heterocycles. The molecule has 7 heterocycles. The van der Waals surface area contributed by atoms with E-state index in [2.05, 4.69) is 29.9 Å². The number of hydrogen-bond donors (Lipinski definition) is 4. The lowest BCUT2D eigenvalue weighted by atomic mass is 10.1. The molecule has 0 radical (unpaired) electrons. The molecule has 4 aromatic rings. The quantitative estimate of drug-likeness (QED) is 0.207. The highest BCUT2D eigenvalue weighted by atomic mass is 32.5. The average molecular weight is 659 g/mol. The smallest absolute Gasteiger partial charge is 0.385 e. The third-order valence-corrected chi connectivity index (χ3v) is 9.44. The second-order valence-corrected chi connectivity index (χ2v) is 13.4.